The fourth-order valence-corrected chi connectivity index (χ4v) is 1.67. The SMILES string of the molecule is Oc1ccc(NCc2cc(Cl)ccc2O)cc1. The van der Waals surface area contributed by atoms with Gasteiger partial charge in [0.1, 0.15) is 11.5 Å². The van der Waals surface area contributed by atoms with Crippen molar-refractivity contribution in [3.8, 4) is 11.5 Å². The number of phenols is 2. The number of hydrogen-bond acceptors (Lipinski definition) is 3. The molecule has 2 aromatic rings. The van der Waals surface area contributed by atoms with E-state index in [9.17, 15) is 5.11 Å². The highest BCUT2D eigenvalue weighted by Crippen LogP contribution is 2.23. The summed E-state index contributed by atoms with van der Waals surface area (Å²) in [4.78, 5) is 0. The van der Waals surface area contributed by atoms with Gasteiger partial charge in [-0.1, -0.05) is 11.6 Å². The maximum absolute atomic E-state index is 9.62. The predicted molar refractivity (Wildman–Crippen MR) is 68.6 cm³/mol. The Morgan fingerprint density at radius 3 is 2.41 bits per heavy atom. The fraction of sp³-hybridized carbons (Fsp3) is 0.0769. The smallest absolute Gasteiger partial charge is 0.120 e. The van der Waals surface area contributed by atoms with Crippen LogP contribution in [0.1, 0.15) is 5.56 Å². The molecule has 0 spiro atoms. The van der Waals surface area contributed by atoms with Gasteiger partial charge >= 0.3 is 0 Å². The maximum atomic E-state index is 9.62. The number of benzene rings is 2. The highest BCUT2D eigenvalue weighted by molar-refractivity contribution is 6.30. The van der Waals surface area contributed by atoms with E-state index in [2.05, 4.69) is 5.32 Å². The highest BCUT2D eigenvalue weighted by Gasteiger charge is 2.02. The van der Waals surface area contributed by atoms with Crippen molar-refractivity contribution in [3.05, 3.63) is 53.1 Å². The summed E-state index contributed by atoms with van der Waals surface area (Å²) in [7, 11) is 0. The molecule has 0 aliphatic heterocycles. The summed E-state index contributed by atoms with van der Waals surface area (Å²) in [6.45, 7) is 0.469. The van der Waals surface area contributed by atoms with E-state index in [1.165, 1.54) is 0 Å². The molecule has 2 aromatic carbocycles. The molecule has 4 heteroatoms. The van der Waals surface area contributed by atoms with Crippen molar-refractivity contribution in [2.24, 2.45) is 0 Å². The lowest BCUT2D eigenvalue weighted by Gasteiger charge is -2.08. The fourth-order valence-electron chi connectivity index (χ4n) is 1.47. The van der Waals surface area contributed by atoms with Crippen LogP contribution in [0.4, 0.5) is 5.69 Å². The summed E-state index contributed by atoms with van der Waals surface area (Å²) >= 11 is 5.85. The topological polar surface area (TPSA) is 52.5 Å². The van der Waals surface area contributed by atoms with E-state index in [4.69, 9.17) is 16.7 Å². The average Bonchev–Trinajstić information content (AvgIpc) is 2.32. The number of nitrogens with one attached hydrogen (secondary N) is 1. The predicted octanol–water partition coefficient (Wildman–Crippen LogP) is 3.36. The van der Waals surface area contributed by atoms with Crippen LogP contribution in [0.5, 0.6) is 11.5 Å². The van der Waals surface area contributed by atoms with E-state index in [1.807, 2.05) is 0 Å². The van der Waals surface area contributed by atoms with Gasteiger partial charge in [-0.2, -0.15) is 0 Å². The molecule has 0 bridgehead atoms. The number of phenolic OH excluding ortho intramolecular Hbond substituents is 2. The van der Waals surface area contributed by atoms with Crippen LogP contribution in [0.25, 0.3) is 0 Å². The zero-order valence-corrected chi connectivity index (χ0v) is 9.78. The van der Waals surface area contributed by atoms with Gasteiger partial charge in [0.05, 0.1) is 0 Å². The average molecular weight is 250 g/mol. The van der Waals surface area contributed by atoms with Gasteiger partial charge in [0, 0.05) is 22.8 Å². The lowest BCUT2D eigenvalue weighted by molar-refractivity contribution is 0.469. The third-order valence-electron chi connectivity index (χ3n) is 2.39. The molecule has 0 heterocycles. The van der Waals surface area contributed by atoms with Gasteiger partial charge in [0.25, 0.3) is 0 Å². The normalized spacial score (nSPS) is 10.2. The van der Waals surface area contributed by atoms with Crippen molar-refractivity contribution < 1.29 is 10.2 Å². The second-order valence-corrected chi connectivity index (χ2v) is 4.11. The van der Waals surface area contributed by atoms with Crippen LogP contribution in [0.3, 0.4) is 0 Å². The number of rotatable bonds is 3. The van der Waals surface area contributed by atoms with Crippen molar-refractivity contribution in [2.75, 3.05) is 5.32 Å². The molecule has 0 unspecified atom stereocenters. The Kier molecular flexibility index (Phi) is 3.40. The number of hydrogen-bond donors (Lipinski definition) is 3. The van der Waals surface area contributed by atoms with E-state index in [0.29, 0.717) is 11.6 Å². The Morgan fingerprint density at radius 2 is 1.71 bits per heavy atom. The quantitative estimate of drug-likeness (QED) is 0.731. The van der Waals surface area contributed by atoms with Gasteiger partial charge in [-0.15, -0.1) is 0 Å². The standard InChI is InChI=1S/C13H12ClNO2/c14-10-1-6-13(17)9(7-10)8-15-11-2-4-12(16)5-3-11/h1-7,15-17H,8H2. The lowest BCUT2D eigenvalue weighted by Crippen LogP contribution is -1.99. The van der Waals surface area contributed by atoms with Gasteiger partial charge in [-0.05, 0) is 42.5 Å². The molecule has 0 radical (unpaired) electrons. The maximum Gasteiger partial charge on any atom is 0.120 e. The molecular formula is C13H12ClNO2. The first-order valence-corrected chi connectivity index (χ1v) is 5.53. The summed E-state index contributed by atoms with van der Waals surface area (Å²) in [5.41, 5.74) is 1.59. The number of halogens is 1. The first-order valence-electron chi connectivity index (χ1n) is 5.15. The molecule has 3 nitrogen and oxygen atoms in total. The largest absolute Gasteiger partial charge is 0.508 e. The number of aromatic hydroxyl groups is 2. The van der Waals surface area contributed by atoms with Crippen LogP contribution in [0.2, 0.25) is 5.02 Å². The molecule has 0 saturated heterocycles. The third kappa shape index (κ3) is 3.04. The number of anilines is 1. The Labute approximate surface area is 104 Å². The second-order valence-electron chi connectivity index (χ2n) is 3.67. The van der Waals surface area contributed by atoms with E-state index in [-0.39, 0.29) is 11.5 Å². The molecule has 3 N–H and O–H groups in total. The Bertz CT molecular complexity index is 511. The highest BCUT2D eigenvalue weighted by atomic mass is 35.5. The van der Waals surface area contributed by atoms with Crippen LogP contribution in [-0.4, -0.2) is 10.2 Å². The van der Waals surface area contributed by atoms with Crippen molar-refractivity contribution in [2.45, 2.75) is 6.54 Å². The minimum atomic E-state index is 0.209. The van der Waals surface area contributed by atoms with Crippen molar-refractivity contribution in [3.63, 3.8) is 0 Å². The lowest BCUT2D eigenvalue weighted by atomic mass is 10.2. The van der Waals surface area contributed by atoms with Crippen LogP contribution < -0.4 is 5.32 Å². The van der Waals surface area contributed by atoms with Crippen molar-refractivity contribution in [1.29, 1.82) is 0 Å². The Hall–Kier alpha value is -1.87. The van der Waals surface area contributed by atoms with Gasteiger partial charge in [-0.3, -0.25) is 0 Å². The minimum absolute atomic E-state index is 0.209. The molecule has 0 fully saturated rings. The van der Waals surface area contributed by atoms with Crippen molar-refractivity contribution in [1.82, 2.24) is 0 Å². The first kappa shape index (κ1) is 11.6. The van der Waals surface area contributed by atoms with Gasteiger partial charge < -0.3 is 15.5 Å². The minimum Gasteiger partial charge on any atom is -0.508 e. The first-order chi connectivity index (χ1) is 8.15. The Balaban J connectivity index is 2.07. The monoisotopic (exact) mass is 249 g/mol. The summed E-state index contributed by atoms with van der Waals surface area (Å²) < 4.78 is 0. The summed E-state index contributed by atoms with van der Waals surface area (Å²) in [5.74, 6) is 0.432. The molecular weight excluding hydrogens is 238 g/mol. The molecule has 0 amide bonds. The van der Waals surface area contributed by atoms with Gasteiger partial charge in [-0.25, -0.2) is 0 Å². The summed E-state index contributed by atoms with van der Waals surface area (Å²) in [5, 5.41) is 22.5. The molecule has 0 aromatic heterocycles. The summed E-state index contributed by atoms with van der Waals surface area (Å²) in [6.07, 6.45) is 0. The van der Waals surface area contributed by atoms with Gasteiger partial charge in [0.2, 0.25) is 0 Å². The van der Waals surface area contributed by atoms with Crippen LogP contribution >= 0.6 is 11.6 Å². The van der Waals surface area contributed by atoms with Gasteiger partial charge in [0.15, 0.2) is 0 Å². The third-order valence-corrected chi connectivity index (χ3v) is 2.63. The molecule has 2 rings (SSSR count). The van der Waals surface area contributed by atoms with Crippen molar-refractivity contribution >= 4 is 17.3 Å². The van der Waals surface area contributed by atoms with Crippen LogP contribution in [0.15, 0.2) is 42.5 Å². The Morgan fingerprint density at radius 1 is 1.00 bits per heavy atom. The molecule has 0 aliphatic rings. The molecule has 0 aliphatic carbocycles. The molecule has 0 saturated carbocycles. The molecule has 0 atom stereocenters. The van der Waals surface area contributed by atoms with E-state index in [0.717, 1.165) is 11.3 Å². The zero-order valence-electron chi connectivity index (χ0n) is 9.02. The summed E-state index contributed by atoms with van der Waals surface area (Å²) in [6, 6.07) is 11.6. The van der Waals surface area contributed by atoms with E-state index in [1.54, 1.807) is 42.5 Å². The van der Waals surface area contributed by atoms with E-state index < -0.39 is 0 Å². The zero-order chi connectivity index (χ0) is 12.3. The molecule has 88 valence electrons. The van der Waals surface area contributed by atoms with Crippen LogP contribution in [-0.2, 0) is 6.54 Å². The molecule has 17 heavy (non-hydrogen) atoms. The second kappa shape index (κ2) is 4.97. The van der Waals surface area contributed by atoms with Crippen LogP contribution in [0, 0.1) is 0 Å². The van der Waals surface area contributed by atoms with E-state index >= 15 is 0 Å².